The number of imidazole rings is 1. The number of para-hydroxylation sites is 3. The Balaban J connectivity index is 0.000000264. The third-order valence-corrected chi connectivity index (χ3v) is 8.84. The Morgan fingerprint density at radius 1 is 0.642 bits per heavy atom. The van der Waals surface area contributed by atoms with Gasteiger partial charge in [-0.2, -0.15) is 30.3 Å². The number of rotatable bonds is 12. The second kappa shape index (κ2) is 19.3. The SMILES string of the molecule is CCCc1cc(CCCCc2cc(CCC)cc(-c3[c-]cc(F)cc3)n2)nc(-c2[c-]cc(F)cc2)c1.C[n+]1[c-]n(-c2[c-]cccc2)c2ccccc21.[Ir]. The van der Waals surface area contributed by atoms with E-state index in [1.165, 1.54) is 40.9 Å². The van der Waals surface area contributed by atoms with Crippen molar-refractivity contribution in [3.05, 3.63) is 168 Å². The Morgan fingerprint density at radius 2 is 1.19 bits per heavy atom. The van der Waals surface area contributed by atoms with Crippen LogP contribution in [0.4, 0.5) is 8.78 Å². The Morgan fingerprint density at radius 3 is 1.68 bits per heavy atom. The summed E-state index contributed by atoms with van der Waals surface area (Å²) >= 11 is 0. The monoisotopic (exact) mass is 882 g/mol. The molecule has 0 aliphatic rings. The van der Waals surface area contributed by atoms with Crippen LogP contribution >= 0.6 is 0 Å². The van der Waals surface area contributed by atoms with E-state index in [0.717, 1.165) is 96.5 Å². The van der Waals surface area contributed by atoms with Crippen LogP contribution in [0.25, 0.3) is 39.2 Å². The van der Waals surface area contributed by atoms with Gasteiger partial charge in [-0.3, -0.25) is 8.78 Å². The first-order valence-corrected chi connectivity index (χ1v) is 18.1. The number of aromatic nitrogens is 4. The van der Waals surface area contributed by atoms with E-state index in [4.69, 9.17) is 9.97 Å². The molecule has 0 fully saturated rings. The molecule has 7 aromatic rings. The number of pyridine rings is 2. The first-order valence-electron chi connectivity index (χ1n) is 18.1. The van der Waals surface area contributed by atoms with Crippen LogP contribution in [0.3, 0.4) is 0 Å². The Labute approximate surface area is 326 Å². The second-order valence-electron chi connectivity index (χ2n) is 13.0. The summed E-state index contributed by atoms with van der Waals surface area (Å²) in [4.78, 5) is 9.71. The van der Waals surface area contributed by atoms with Crippen molar-refractivity contribution in [1.29, 1.82) is 0 Å². The van der Waals surface area contributed by atoms with Gasteiger partial charge in [0, 0.05) is 43.1 Å². The smallest absolute Gasteiger partial charge is 0.242 e. The van der Waals surface area contributed by atoms with Crippen LogP contribution in [-0.4, -0.2) is 14.5 Å². The number of benzene rings is 4. The average molecular weight is 882 g/mol. The topological polar surface area (TPSA) is 34.6 Å². The quantitative estimate of drug-likeness (QED) is 0.0696. The predicted octanol–water partition coefficient (Wildman–Crippen LogP) is 10.2. The van der Waals surface area contributed by atoms with Gasteiger partial charge in [0.25, 0.3) is 0 Å². The Hall–Kier alpha value is -4.84. The normalized spacial score (nSPS) is 10.8. The summed E-state index contributed by atoms with van der Waals surface area (Å²) in [5.41, 5.74) is 11.3. The average Bonchev–Trinajstić information content (AvgIpc) is 3.51. The zero-order valence-corrected chi connectivity index (χ0v) is 32.8. The maximum absolute atomic E-state index is 13.4. The van der Waals surface area contributed by atoms with Crippen molar-refractivity contribution >= 4 is 11.0 Å². The third-order valence-electron chi connectivity index (χ3n) is 8.84. The summed E-state index contributed by atoms with van der Waals surface area (Å²) in [6, 6.07) is 43.1. The molecule has 7 heteroatoms. The molecule has 4 nitrogen and oxygen atoms in total. The molecule has 0 unspecified atom stereocenters. The third kappa shape index (κ3) is 10.6. The fraction of sp³-hybridized carbons (Fsp3) is 0.239. The van der Waals surface area contributed by atoms with Gasteiger partial charge in [0.05, 0.1) is 18.1 Å². The van der Waals surface area contributed by atoms with Crippen molar-refractivity contribution in [3.63, 3.8) is 0 Å². The van der Waals surface area contributed by atoms with Crippen LogP contribution in [0.15, 0.2) is 109 Å². The molecule has 0 bridgehead atoms. The summed E-state index contributed by atoms with van der Waals surface area (Å²) < 4.78 is 30.7. The minimum atomic E-state index is -0.291. The minimum absolute atomic E-state index is 0. The van der Waals surface area contributed by atoms with Crippen LogP contribution in [0.5, 0.6) is 0 Å². The molecule has 0 aliphatic heterocycles. The molecule has 3 aromatic heterocycles. The molecule has 273 valence electrons. The Kier molecular flexibility index (Phi) is 14.3. The number of hydrogen-bond donors (Lipinski definition) is 0. The molecular formula is C46H43F2IrN4-3. The predicted molar refractivity (Wildman–Crippen MR) is 204 cm³/mol. The summed E-state index contributed by atoms with van der Waals surface area (Å²) in [6.07, 6.45) is 11.1. The minimum Gasteiger partial charge on any atom is -0.342 e. The molecule has 0 spiro atoms. The molecule has 1 radical (unpaired) electrons. The summed E-state index contributed by atoms with van der Waals surface area (Å²) in [7, 11) is 2.00. The summed E-state index contributed by atoms with van der Waals surface area (Å²) in [5, 5.41) is 0. The van der Waals surface area contributed by atoms with Gasteiger partial charge in [0.2, 0.25) is 6.33 Å². The molecular weight excluding hydrogens is 839 g/mol. The van der Waals surface area contributed by atoms with E-state index in [-0.39, 0.29) is 31.7 Å². The fourth-order valence-electron chi connectivity index (χ4n) is 6.34. The van der Waals surface area contributed by atoms with Crippen LogP contribution in [-0.2, 0) is 52.8 Å². The zero-order valence-electron chi connectivity index (χ0n) is 30.4. The van der Waals surface area contributed by atoms with Crippen molar-refractivity contribution in [2.75, 3.05) is 0 Å². The first-order chi connectivity index (χ1) is 25.4. The van der Waals surface area contributed by atoms with Gasteiger partial charge in [0.1, 0.15) is 0 Å². The number of fused-ring (bicyclic) bond motifs is 1. The second-order valence-corrected chi connectivity index (χ2v) is 13.0. The van der Waals surface area contributed by atoms with Crippen LogP contribution in [0.2, 0.25) is 0 Å². The van der Waals surface area contributed by atoms with E-state index in [0.29, 0.717) is 0 Å². The molecule has 53 heavy (non-hydrogen) atoms. The van der Waals surface area contributed by atoms with Gasteiger partial charge >= 0.3 is 0 Å². The Bertz CT molecular complexity index is 2100. The van der Waals surface area contributed by atoms with Crippen molar-refractivity contribution in [1.82, 2.24) is 14.5 Å². The number of halogens is 2. The first kappa shape index (κ1) is 39.4. The van der Waals surface area contributed by atoms with Gasteiger partial charge < -0.3 is 19.1 Å². The molecule has 0 saturated carbocycles. The van der Waals surface area contributed by atoms with E-state index in [1.807, 2.05) is 52.6 Å². The van der Waals surface area contributed by atoms with Crippen molar-refractivity contribution in [2.45, 2.75) is 65.2 Å². The van der Waals surface area contributed by atoms with E-state index < -0.39 is 0 Å². The molecule has 7 rings (SSSR count). The van der Waals surface area contributed by atoms with E-state index in [9.17, 15) is 8.78 Å². The molecule has 0 amide bonds. The van der Waals surface area contributed by atoms with Crippen LogP contribution in [0, 0.1) is 36.2 Å². The maximum Gasteiger partial charge on any atom is 0.242 e. The molecule has 3 heterocycles. The number of hydrogen-bond acceptors (Lipinski definition) is 2. The number of aryl methyl sites for hydroxylation is 5. The van der Waals surface area contributed by atoms with E-state index in [1.54, 1.807) is 12.1 Å². The number of unbranched alkanes of at least 4 members (excludes halogenated alkanes) is 1. The maximum atomic E-state index is 13.4. The zero-order chi connectivity index (χ0) is 36.3. The van der Waals surface area contributed by atoms with Gasteiger partial charge in [-0.15, -0.1) is 59.7 Å². The standard InChI is InChI=1S/C32H32F2N2.C14H11N2.Ir/c1-3-7-23-19-29(35-31(21-23)25-11-15-27(33)16-12-25)9-5-6-10-30-20-24(8-4-2)22-32(36-30)26-13-17-28(34)18-14-26;1-15-11-16(12-7-3-2-4-8-12)14-10-6-5-9-13(14)15;/h11,13,15-22H,3-10H2,1-2H3;2-7,9-10H,1H3;/q-2;-1;. The van der Waals surface area contributed by atoms with Crippen LogP contribution in [0.1, 0.15) is 62.0 Å². The van der Waals surface area contributed by atoms with E-state index in [2.05, 4.69) is 74.8 Å². The largest absolute Gasteiger partial charge is 0.342 e. The molecule has 0 aliphatic carbocycles. The number of nitrogens with zero attached hydrogens (tertiary/aromatic N) is 4. The fourth-order valence-corrected chi connectivity index (χ4v) is 6.34. The van der Waals surface area contributed by atoms with Gasteiger partial charge in [0.15, 0.2) is 0 Å². The summed E-state index contributed by atoms with van der Waals surface area (Å²) in [5.74, 6) is -0.582. The van der Waals surface area contributed by atoms with E-state index >= 15 is 0 Å². The molecule has 4 aromatic carbocycles. The van der Waals surface area contributed by atoms with Gasteiger partial charge in [-0.25, -0.2) is 0 Å². The van der Waals surface area contributed by atoms with Gasteiger partial charge in [-0.05, 0) is 62.0 Å². The van der Waals surface area contributed by atoms with Crippen molar-refractivity contribution < 1.29 is 33.5 Å². The van der Waals surface area contributed by atoms with Gasteiger partial charge in [-0.1, -0.05) is 79.9 Å². The molecule has 0 atom stereocenters. The summed E-state index contributed by atoms with van der Waals surface area (Å²) in [6.45, 7) is 4.34. The molecule has 0 saturated heterocycles. The van der Waals surface area contributed by atoms with Crippen molar-refractivity contribution in [2.24, 2.45) is 7.05 Å². The molecule has 0 N–H and O–H groups in total. The van der Waals surface area contributed by atoms with Crippen LogP contribution < -0.4 is 4.57 Å². The van der Waals surface area contributed by atoms with Crippen molar-refractivity contribution in [3.8, 4) is 28.2 Å².